The van der Waals surface area contributed by atoms with Crippen LogP contribution in [-0.4, -0.2) is 33.1 Å². The zero-order chi connectivity index (χ0) is 15.9. The second kappa shape index (κ2) is 5.83. The standard InChI is InChI=1S/C14H8ClNO4S2/c15-8-3-1-7(2-4-8)5-10-12(18)16(14(21)22-10)9-6-11(17)20-13(9)19/h1-5,9H,6H2/b10-5-/t9-/m1/s1. The molecule has 2 heterocycles. The van der Waals surface area contributed by atoms with E-state index in [2.05, 4.69) is 4.74 Å². The zero-order valence-corrected chi connectivity index (χ0v) is 13.3. The SMILES string of the molecule is O=C1C[C@@H](N2C(=O)/C(=C/c3ccc(Cl)cc3)SC2=S)C(=O)O1. The molecule has 1 atom stereocenters. The Bertz CT molecular complexity index is 729. The highest BCUT2D eigenvalue weighted by atomic mass is 35.5. The van der Waals surface area contributed by atoms with Gasteiger partial charge in [0.25, 0.3) is 5.91 Å². The summed E-state index contributed by atoms with van der Waals surface area (Å²) in [6.45, 7) is 0. The monoisotopic (exact) mass is 353 g/mol. The van der Waals surface area contributed by atoms with E-state index in [1.165, 1.54) is 0 Å². The highest BCUT2D eigenvalue weighted by Crippen LogP contribution is 2.36. The maximum absolute atomic E-state index is 12.4. The fraction of sp³-hybridized carbons (Fsp3) is 0.143. The number of esters is 2. The molecular formula is C14H8ClNO4S2. The van der Waals surface area contributed by atoms with Crippen molar-refractivity contribution in [1.29, 1.82) is 0 Å². The number of benzene rings is 1. The molecule has 1 aromatic rings. The minimum atomic E-state index is -0.962. The van der Waals surface area contributed by atoms with Crippen molar-refractivity contribution in [3.63, 3.8) is 0 Å². The van der Waals surface area contributed by atoms with Crippen LogP contribution in [0.15, 0.2) is 29.2 Å². The number of carbonyl (C=O) groups is 3. The summed E-state index contributed by atoms with van der Waals surface area (Å²) >= 11 is 12.0. The van der Waals surface area contributed by atoms with Crippen LogP contribution in [0, 0.1) is 0 Å². The predicted molar refractivity (Wildman–Crippen MR) is 86.0 cm³/mol. The molecule has 22 heavy (non-hydrogen) atoms. The minimum Gasteiger partial charge on any atom is -0.392 e. The topological polar surface area (TPSA) is 63.7 Å². The van der Waals surface area contributed by atoms with Gasteiger partial charge in [0.2, 0.25) is 0 Å². The molecular weight excluding hydrogens is 346 g/mol. The third kappa shape index (κ3) is 2.79. The van der Waals surface area contributed by atoms with Crippen molar-refractivity contribution in [3.8, 4) is 0 Å². The zero-order valence-electron chi connectivity index (χ0n) is 10.9. The number of cyclic esters (lactones) is 2. The molecule has 0 saturated carbocycles. The molecule has 112 valence electrons. The van der Waals surface area contributed by atoms with Gasteiger partial charge in [-0.15, -0.1) is 0 Å². The van der Waals surface area contributed by atoms with Gasteiger partial charge in [0, 0.05) is 5.02 Å². The average molecular weight is 354 g/mol. The van der Waals surface area contributed by atoms with Crippen molar-refractivity contribution < 1.29 is 19.1 Å². The van der Waals surface area contributed by atoms with Crippen LogP contribution in [0.2, 0.25) is 5.02 Å². The van der Waals surface area contributed by atoms with E-state index >= 15 is 0 Å². The Kier molecular flexibility index (Phi) is 4.03. The van der Waals surface area contributed by atoms with E-state index in [1.807, 2.05) is 0 Å². The van der Waals surface area contributed by atoms with E-state index in [9.17, 15) is 14.4 Å². The van der Waals surface area contributed by atoms with Crippen LogP contribution in [-0.2, 0) is 19.1 Å². The minimum absolute atomic E-state index is 0.167. The van der Waals surface area contributed by atoms with Crippen LogP contribution in [0.3, 0.4) is 0 Å². The van der Waals surface area contributed by atoms with Gasteiger partial charge in [-0.2, -0.15) is 0 Å². The normalized spacial score (nSPS) is 23.6. The molecule has 2 fully saturated rings. The summed E-state index contributed by atoms with van der Waals surface area (Å²) in [5.74, 6) is -1.79. The van der Waals surface area contributed by atoms with E-state index in [0.29, 0.717) is 9.93 Å². The van der Waals surface area contributed by atoms with Crippen LogP contribution in [0.25, 0.3) is 6.08 Å². The van der Waals surface area contributed by atoms with E-state index in [1.54, 1.807) is 30.3 Å². The van der Waals surface area contributed by atoms with E-state index < -0.39 is 23.9 Å². The summed E-state index contributed by atoms with van der Waals surface area (Å²) in [5, 5.41) is 0.594. The summed E-state index contributed by atoms with van der Waals surface area (Å²) in [6, 6.07) is 5.99. The van der Waals surface area contributed by atoms with Crippen molar-refractivity contribution in [3.05, 3.63) is 39.8 Å². The molecule has 8 heteroatoms. The molecule has 1 aromatic carbocycles. The second-order valence-corrected chi connectivity index (χ2v) is 6.73. The molecule has 5 nitrogen and oxygen atoms in total. The molecule has 2 aliphatic heterocycles. The molecule has 0 radical (unpaired) electrons. The number of hydrogen-bond donors (Lipinski definition) is 0. The first kappa shape index (κ1) is 15.2. The summed E-state index contributed by atoms with van der Waals surface area (Å²) in [7, 11) is 0. The van der Waals surface area contributed by atoms with Crippen molar-refractivity contribution in [1.82, 2.24) is 4.90 Å². The van der Waals surface area contributed by atoms with Crippen molar-refractivity contribution in [2.24, 2.45) is 0 Å². The molecule has 2 saturated heterocycles. The Morgan fingerprint density at radius 2 is 1.95 bits per heavy atom. The maximum atomic E-state index is 12.4. The molecule has 0 aliphatic carbocycles. The Morgan fingerprint density at radius 3 is 2.55 bits per heavy atom. The number of nitrogens with zero attached hydrogens (tertiary/aromatic N) is 1. The van der Waals surface area contributed by atoms with Gasteiger partial charge in [0.15, 0.2) is 0 Å². The Labute approximate surface area is 140 Å². The number of halogens is 1. The smallest absolute Gasteiger partial charge is 0.337 e. The maximum Gasteiger partial charge on any atom is 0.337 e. The van der Waals surface area contributed by atoms with Gasteiger partial charge in [0.1, 0.15) is 10.4 Å². The van der Waals surface area contributed by atoms with Crippen molar-refractivity contribution in [2.75, 3.05) is 0 Å². The fourth-order valence-corrected chi connectivity index (χ4v) is 3.60. The molecule has 0 N–H and O–H groups in total. The average Bonchev–Trinajstić information content (AvgIpc) is 2.92. The highest BCUT2D eigenvalue weighted by Gasteiger charge is 2.46. The lowest BCUT2D eigenvalue weighted by Gasteiger charge is -2.17. The predicted octanol–water partition coefficient (Wildman–Crippen LogP) is 2.38. The third-order valence-electron chi connectivity index (χ3n) is 3.15. The number of thiocarbonyl (C=S) groups is 1. The van der Waals surface area contributed by atoms with Crippen LogP contribution in [0.4, 0.5) is 0 Å². The summed E-state index contributed by atoms with van der Waals surface area (Å²) in [6.07, 6.45) is 1.50. The summed E-state index contributed by atoms with van der Waals surface area (Å²) < 4.78 is 4.71. The first-order valence-electron chi connectivity index (χ1n) is 6.23. The van der Waals surface area contributed by atoms with Gasteiger partial charge >= 0.3 is 11.9 Å². The first-order valence-corrected chi connectivity index (χ1v) is 7.83. The van der Waals surface area contributed by atoms with Crippen LogP contribution in [0.5, 0.6) is 0 Å². The number of ether oxygens (including phenoxy) is 1. The summed E-state index contributed by atoms with van der Waals surface area (Å²) in [5.41, 5.74) is 0.787. The lowest BCUT2D eigenvalue weighted by molar-refractivity contribution is -0.153. The van der Waals surface area contributed by atoms with Crippen molar-refractivity contribution in [2.45, 2.75) is 12.5 Å². The summed E-state index contributed by atoms with van der Waals surface area (Å²) in [4.78, 5) is 36.8. The Morgan fingerprint density at radius 1 is 1.27 bits per heavy atom. The molecule has 0 bridgehead atoms. The Balaban J connectivity index is 1.87. The van der Waals surface area contributed by atoms with E-state index in [-0.39, 0.29) is 10.7 Å². The first-order chi connectivity index (χ1) is 10.5. The largest absolute Gasteiger partial charge is 0.392 e. The lowest BCUT2D eigenvalue weighted by Crippen LogP contribution is -2.41. The fourth-order valence-electron chi connectivity index (χ4n) is 2.12. The van der Waals surface area contributed by atoms with Crippen LogP contribution in [0.1, 0.15) is 12.0 Å². The Hall–Kier alpha value is -1.70. The molecule has 1 amide bonds. The van der Waals surface area contributed by atoms with Crippen molar-refractivity contribution >= 4 is 63.8 Å². The van der Waals surface area contributed by atoms with Gasteiger partial charge in [-0.25, -0.2) is 4.79 Å². The van der Waals surface area contributed by atoms with Gasteiger partial charge in [-0.1, -0.05) is 47.7 Å². The van der Waals surface area contributed by atoms with Crippen LogP contribution >= 0.6 is 35.6 Å². The van der Waals surface area contributed by atoms with Gasteiger partial charge in [0.05, 0.1) is 11.3 Å². The molecule has 0 unspecified atom stereocenters. The third-order valence-corrected chi connectivity index (χ3v) is 4.73. The van der Waals surface area contributed by atoms with Gasteiger partial charge in [-0.3, -0.25) is 14.5 Å². The quantitative estimate of drug-likeness (QED) is 0.352. The molecule has 0 spiro atoms. The number of carbonyl (C=O) groups excluding carboxylic acids is 3. The number of rotatable bonds is 2. The lowest BCUT2D eigenvalue weighted by atomic mass is 10.2. The molecule has 0 aromatic heterocycles. The number of amides is 1. The number of thioether (sulfide) groups is 1. The van der Waals surface area contributed by atoms with Gasteiger partial charge in [-0.05, 0) is 23.8 Å². The van der Waals surface area contributed by atoms with E-state index in [0.717, 1.165) is 22.2 Å². The van der Waals surface area contributed by atoms with Gasteiger partial charge < -0.3 is 4.74 Å². The molecule has 3 rings (SSSR count). The van der Waals surface area contributed by atoms with Crippen LogP contribution < -0.4 is 0 Å². The number of hydrogen-bond acceptors (Lipinski definition) is 6. The van der Waals surface area contributed by atoms with E-state index in [4.69, 9.17) is 23.8 Å². The highest BCUT2D eigenvalue weighted by molar-refractivity contribution is 8.26. The molecule has 2 aliphatic rings. The second-order valence-electron chi connectivity index (χ2n) is 4.62.